The van der Waals surface area contributed by atoms with Crippen LogP contribution in [-0.4, -0.2) is 19.2 Å². The van der Waals surface area contributed by atoms with Gasteiger partial charge >= 0.3 is 0 Å². The standard InChI is InChI=1S/C13H17F2NO/c1-9(7-16-10-5-6-10)8-17-13-11(14)3-2-4-12(13)15/h2-4,9-10,16H,5-8H2,1H3. The molecule has 1 aliphatic carbocycles. The van der Waals surface area contributed by atoms with E-state index in [9.17, 15) is 8.78 Å². The second-order valence-electron chi connectivity index (χ2n) is 4.65. The lowest BCUT2D eigenvalue weighted by atomic mass is 10.2. The Balaban J connectivity index is 1.79. The summed E-state index contributed by atoms with van der Waals surface area (Å²) in [5, 5.41) is 3.35. The van der Waals surface area contributed by atoms with Crippen molar-refractivity contribution in [3.63, 3.8) is 0 Å². The molecule has 0 saturated heterocycles. The molecule has 1 aromatic rings. The molecule has 2 rings (SSSR count). The monoisotopic (exact) mass is 241 g/mol. The summed E-state index contributed by atoms with van der Waals surface area (Å²) in [6.07, 6.45) is 2.46. The van der Waals surface area contributed by atoms with Gasteiger partial charge in [-0.25, -0.2) is 8.78 Å². The van der Waals surface area contributed by atoms with Crippen molar-refractivity contribution in [3.8, 4) is 5.75 Å². The summed E-state index contributed by atoms with van der Waals surface area (Å²) >= 11 is 0. The van der Waals surface area contributed by atoms with Crippen LogP contribution in [0.25, 0.3) is 0 Å². The largest absolute Gasteiger partial charge is 0.487 e. The van der Waals surface area contributed by atoms with E-state index in [1.54, 1.807) is 0 Å². The lowest BCUT2D eigenvalue weighted by Gasteiger charge is -2.14. The number of nitrogens with one attached hydrogen (secondary N) is 1. The molecule has 1 N–H and O–H groups in total. The van der Waals surface area contributed by atoms with Gasteiger partial charge in [-0.2, -0.15) is 0 Å². The highest BCUT2D eigenvalue weighted by Gasteiger charge is 2.21. The van der Waals surface area contributed by atoms with Crippen LogP contribution in [0, 0.1) is 17.6 Å². The minimum atomic E-state index is -0.646. The molecule has 0 radical (unpaired) electrons. The summed E-state index contributed by atoms with van der Waals surface area (Å²) in [7, 11) is 0. The summed E-state index contributed by atoms with van der Waals surface area (Å²) in [6.45, 7) is 3.13. The van der Waals surface area contributed by atoms with E-state index in [2.05, 4.69) is 5.32 Å². The van der Waals surface area contributed by atoms with Gasteiger partial charge in [-0.05, 0) is 25.0 Å². The molecule has 0 bridgehead atoms. The van der Waals surface area contributed by atoms with Crippen molar-refractivity contribution < 1.29 is 13.5 Å². The molecule has 1 atom stereocenters. The van der Waals surface area contributed by atoms with Gasteiger partial charge in [0, 0.05) is 18.5 Å². The van der Waals surface area contributed by atoms with Crippen LogP contribution >= 0.6 is 0 Å². The summed E-state index contributed by atoms with van der Waals surface area (Å²) in [5.41, 5.74) is 0. The topological polar surface area (TPSA) is 21.3 Å². The maximum Gasteiger partial charge on any atom is 0.190 e. The average molecular weight is 241 g/mol. The Morgan fingerprint density at radius 2 is 2.00 bits per heavy atom. The lowest BCUT2D eigenvalue weighted by molar-refractivity contribution is 0.234. The highest BCUT2D eigenvalue weighted by Crippen LogP contribution is 2.22. The maximum atomic E-state index is 13.2. The highest BCUT2D eigenvalue weighted by molar-refractivity contribution is 5.25. The first-order valence-corrected chi connectivity index (χ1v) is 5.97. The molecule has 0 spiro atoms. The third-order valence-corrected chi connectivity index (χ3v) is 2.76. The van der Waals surface area contributed by atoms with E-state index in [1.807, 2.05) is 6.92 Å². The first kappa shape index (κ1) is 12.3. The smallest absolute Gasteiger partial charge is 0.190 e. The second kappa shape index (κ2) is 5.45. The number of hydrogen-bond donors (Lipinski definition) is 1. The molecule has 0 aromatic heterocycles. The minimum Gasteiger partial charge on any atom is -0.487 e. The number of hydrogen-bond acceptors (Lipinski definition) is 2. The Morgan fingerprint density at radius 1 is 1.35 bits per heavy atom. The Labute approximate surface area is 100.0 Å². The van der Waals surface area contributed by atoms with Gasteiger partial charge < -0.3 is 10.1 Å². The predicted molar refractivity (Wildman–Crippen MR) is 62.0 cm³/mol. The Kier molecular flexibility index (Phi) is 3.94. The molecule has 1 aromatic carbocycles. The van der Waals surface area contributed by atoms with Gasteiger partial charge in [0.05, 0.1) is 6.61 Å². The first-order valence-electron chi connectivity index (χ1n) is 5.97. The summed E-state index contributed by atoms with van der Waals surface area (Å²) < 4.78 is 31.7. The Bertz CT molecular complexity index is 359. The molecule has 4 heteroatoms. The van der Waals surface area contributed by atoms with Crippen molar-refractivity contribution in [1.82, 2.24) is 5.32 Å². The van der Waals surface area contributed by atoms with Crippen molar-refractivity contribution >= 4 is 0 Å². The fourth-order valence-electron chi connectivity index (χ4n) is 1.56. The molecule has 17 heavy (non-hydrogen) atoms. The first-order chi connectivity index (χ1) is 8.16. The minimum absolute atomic E-state index is 0.231. The fourth-order valence-corrected chi connectivity index (χ4v) is 1.56. The summed E-state index contributed by atoms with van der Waals surface area (Å²) in [6, 6.07) is 4.37. The quantitative estimate of drug-likeness (QED) is 0.826. The third-order valence-electron chi connectivity index (χ3n) is 2.76. The summed E-state index contributed by atoms with van der Waals surface area (Å²) in [5.74, 6) is -1.33. The van der Waals surface area contributed by atoms with Gasteiger partial charge in [-0.1, -0.05) is 13.0 Å². The van der Waals surface area contributed by atoms with Crippen LogP contribution in [-0.2, 0) is 0 Å². The third kappa shape index (κ3) is 3.66. The van der Waals surface area contributed by atoms with Gasteiger partial charge in [-0.15, -0.1) is 0 Å². The van der Waals surface area contributed by atoms with Crippen molar-refractivity contribution in [1.29, 1.82) is 0 Å². The number of ether oxygens (including phenoxy) is 1. The van der Waals surface area contributed by atoms with Crippen molar-refractivity contribution in [2.24, 2.45) is 5.92 Å². The average Bonchev–Trinajstić information content (AvgIpc) is 3.09. The van der Waals surface area contributed by atoms with Crippen LogP contribution in [0.4, 0.5) is 8.78 Å². The van der Waals surface area contributed by atoms with Crippen molar-refractivity contribution in [2.75, 3.05) is 13.2 Å². The molecule has 1 saturated carbocycles. The molecule has 0 heterocycles. The Hall–Kier alpha value is -1.16. The van der Waals surface area contributed by atoms with Gasteiger partial charge in [0.1, 0.15) is 0 Å². The van der Waals surface area contributed by atoms with E-state index < -0.39 is 11.6 Å². The molecule has 2 nitrogen and oxygen atoms in total. The van der Waals surface area contributed by atoms with Gasteiger partial charge in [0.25, 0.3) is 0 Å². The van der Waals surface area contributed by atoms with Gasteiger partial charge in [-0.3, -0.25) is 0 Å². The van der Waals surface area contributed by atoms with Crippen LogP contribution < -0.4 is 10.1 Å². The van der Waals surface area contributed by atoms with E-state index in [-0.39, 0.29) is 11.7 Å². The molecule has 1 aliphatic rings. The Morgan fingerprint density at radius 3 is 2.59 bits per heavy atom. The van der Waals surface area contributed by atoms with Crippen LogP contribution in [0.3, 0.4) is 0 Å². The van der Waals surface area contributed by atoms with Gasteiger partial charge in [0.2, 0.25) is 0 Å². The molecular formula is C13H17F2NO. The second-order valence-corrected chi connectivity index (χ2v) is 4.65. The van der Waals surface area contributed by atoms with Crippen LogP contribution in [0.2, 0.25) is 0 Å². The molecule has 94 valence electrons. The van der Waals surface area contributed by atoms with Crippen LogP contribution in [0.15, 0.2) is 18.2 Å². The van der Waals surface area contributed by atoms with Gasteiger partial charge in [0.15, 0.2) is 17.4 Å². The van der Waals surface area contributed by atoms with Crippen LogP contribution in [0.1, 0.15) is 19.8 Å². The summed E-state index contributed by atoms with van der Waals surface area (Å²) in [4.78, 5) is 0. The van der Waals surface area contributed by atoms with Crippen LogP contribution in [0.5, 0.6) is 5.75 Å². The molecular weight excluding hydrogens is 224 g/mol. The molecule has 0 aliphatic heterocycles. The maximum absolute atomic E-state index is 13.2. The highest BCUT2D eigenvalue weighted by atomic mass is 19.1. The molecule has 0 amide bonds. The zero-order chi connectivity index (χ0) is 12.3. The van der Waals surface area contributed by atoms with E-state index in [0.29, 0.717) is 12.6 Å². The normalized spacial score (nSPS) is 16.9. The molecule has 1 fully saturated rings. The number of para-hydroxylation sites is 1. The van der Waals surface area contributed by atoms with Crippen molar-refractivity contribution in [2.45, 2.75) is 25.8 Å². The number of halogens is 2. The predicted octanol–water partition coefficient (Wildman–Crippen LogP) is 2.73. The molecule has 1 unspecified atom stereocenters. The van der Waals surface area contributed by atoms with Crippen molar-refractivity contribution in [3.05, 3.63) is 29.8 Å². The zero-order valence-electron chi connectivity index (χ0n) is 9.88. The number of rotatable bonds is 6. The van der Waals surface area contributed by atoms with E-state index in [1.165, 1.54) is 31.0 Å². The van der Waals surface area contributed by atoms with E-state index >= 15 is 0 Å². The zero-order valence-corrected chi connectivity index (χ0v) is 9.88. The number of benzene rings is 1. The van der Waals surface area contributed by atoms with E-state index in [4.69, 9.17) is 4.74 Å². The lowest BCUT2D eigenvalue weighted by Crippen LogP contribution is -2.26. The fraction of sp³-hybridized carbons (Fsp3) is 0.538. The SMILES string of the molecule is CC(CNC1CC1)COc1c(F)cccc1F. The van der Waals surface area contributed by atoms with E-state index in [0.717, 1.165) is 6.54 Å².